The van der Waals surface area contributed by atoms with E-state index in [2.05, 4.69) is 4.90 Å². The lowest BCUT2D eigenvalue weighted by Crippen LogP contribution is -2.57. The van der Waals surface area contributed by atoms with E-state index in [4.69, 9.17) is 10.5 Å². The molecule has 1 saturated heterocycles. The maximum atomic E-state index is 14.2. The molecular formula is C15H23FN2O. The number of halogens is 1. The van der Waals surface area contributed by atoms with Crippen LogP contribution >= 0.6 is 0 Å². The first-order valence-electron chi connectivity index (χ1n) is 6.66. The second kappa shape index (κ2) is 4.76. The lowest BCUT2D eigenvalue weighted by atomic mass is 9.98. The molecule has 3 nitrogen and oxygen atoms in total. The van der Waals surface area contributed by atoms with Gasteiger partial charge in [0.05, 0.1) is 16.9 Å². The van der Waals surface area contributed by atoms with Crippen molar-refractivity contribution in [3.63, 3.8) is 0 Å². The molecule has 0 saturated carbocycles. The monoisotopic (exact) mass is 266 g/mol. The molecule has 0 amide bonds. The Balaban J connectivity index is 2.31. The van der Waals surface area contributed by atoms with Gasteiger partial charge in [0.2, 0.25) is 0 Å². The number of morpholine rings is 1. The standard InChI is InChI=1S/C15H23FN2O/c1-14(2)9-18(10-15(3,4)19-14)13-6-5-11(8-17)7-12(13)16/h5-7H,8-10,17H2,1-4H3. The summed E-state index contributed by atoms with van der Waals surface area (Å²) >= 11 is 0. The molecule has 0 aromatic heterocycles. The highest BCUT2D eigenvalue weighted by molar-refractivity contribution is 5.50. The highest BCUT2D eigenvalue weighted by Crippen LogP contribution is 2.32. The number of benzene rings is 1. The minimum Gasteiger partial charge on any atom is -0.366 e. The van der Waals surface area contributed by atoms with Crippen molar-refractivity contribution < 1.29 is 9.13 Å². The van der Waals surface area contributed by atoms with Crippen LogP contribution in [0.1, 0.15) is 33.3 Å². The van der Waals surface area contributed by atoms with Crippen LogP contribution in [0, 0.1) is 5.82 Å². The van der Waals surface area contributed by atoms with Gasteiger partial charge >= 0.3 is 0 Å². The van der Waals surface area contributed by atoms with Gasteiger partial charge in [-0.3, -0.25) is 0 Å². The van der Waals surface area contributed by atoms with E-state index in [1.165, 1.54) is 6.07 Å². The second-order valence-corrected chi connectivity index (χ2v) is 6.47. The van der Waals surface area contributed by atoms with Gasteiger partial charge in [0.15, 0.2) is 0 Å². The third-order valence-electron chi connectivity index (χ3n) is 3.28. The second-order valence-electron chi connectivity index (χ2n) is 6.47. The maximum Gasteiger partial charge on any atom is 0.146 e. The normalized spacial score (nSPS) is 21.5. The number of nitrogens with zero attached hydrogens (tertiary/aromatic N) is 1. The Morgan fingerprint density at radius 1 is 1.21 bits per heavy atom. The zero-order valence-corrected chi connectivity index (χ0v) is 12.2. The SMILES string of the molecule is CC1(C)CN(c2ccc(CN)cc2F)CC(C)(C)O1. The number of hydrogen-bond donors (Lipinski definition) is 1. The topological polar surface area (TPSA) is 38.5 Å². The summed E-state index contributed by atoms with van der Waals surface area (Å²) in [6.07, 6.45) is 0. The van der Waals surface area contributed by atoms with Crippen LogP contribution in [0.2, 0.25) is 0 Å². The molecule has 1 aliphatic rings. The van der Waals surface area contributed by atoms with Crippen molar-refractivity contribution in [1.29, 1.82) is 0 Å². The van der Waals surface area contributed by atoms with Crippen molar-refractivity contribution in [3.05, 3.63) is 29.6 Å². The fraction of sp³-hybridized carbons (Fsp3) is 0.600. The van der Waals surface area contributed by atoms with Crippen LogP contribution < -0.4 is 10.6 Å². The van der Waals surface area contributed by atoms with Crippen molar-refractivity contribution in [1.82, 2.24) is 0 Å². The number of nitrogens with two attached hydrogens (primary N) is 1. The molecule has 1 aromatic carbocycles. The van der Waals surface area contributed by atoms with Crippen LogP contribution in [0.4, 0.5) is 10.1 Å². The summed E-state index contributed by atoms with van der Waals surface area (Å²) in [7, 11) is 0. The van der Waals surface area contributed by atoms with Crippen LogP contribution in [0.3, 0.4) is 0 Å². The third kappa shape index (κ3) is 3.25. The molecule has 0 radical (unpaired) electrons. The first kappa shape index (κ1) is 14.3. The molecule has 4 heteroatoms. The molecule has 1 fully saturated rings. The molecule has 2 rings (SSSR count). The molecule has 0 unspecified atom stereocenters. The van der Waals surface area contributed by atoms with E-state index in [-0.39, 0.29) is 17.0 Å². The van der Waals surface area contributed by atoms with Crippen molar-refractivity contribution in [2.75, 3.05) is 18.0 Å². The van der Waals surface area contributed by atoms with Gasteiger partial charge in [-0.25, -0.2) is 4.39 Å². The average molecular weight is 266 g/mol. The van der Waals surface area contributed by atoms with Crippen LogP contribution in [-0.4, -0.2) is 24.3 Å². The van der Waals surface area contributed by atoms with Crippen LogP contribution in [-0.2, 0) is 11.3 Å². The predicted octanol–water partition coefficient (Wildman–Crippen LogP) is 2.68. The van der Waals surface area contributed by atoms with E-state index in [0.717, 1.165) is 5.56 Å². The molecule has 0 aliphatic carbocycles. The lowest BCUT2D eigenvalue weighted by molar-refractivity contribution is -0.133. The van der Waals surface area contributed by atoms with E-state index in [1.807, 2.05) is 39.8 Å². The van der Waals surface area contributed by atoms with Crippen molar-refractivity contribution >= 4 is 5.69 Å². The largest absolute Gasteiger partial charge is 0.366 e. The number of anilines is 1. The van der Waals surface area contributed by atoms with Gasteiger partial charge in [0.25, 0.3) is 0 Å². The summed E-state index contributed by atoms with van der Waals surface area (Å²) in [5, 5.41) is 0. The van der Waals surface area contributed by atoms with Gasteiger partial charge < -0.3 is 15.4 Å². The van der Waals surface area contributed by atoms with Gasteiger partial charge in [0, 0.05) is 19.6 Å². The van der Waals surface area contributed by atoms with E-state index in [1.54, 1.807) is 0 Å². The average Bonchev–Trinajstić information content (AvgIpc) is 2.24. The molecule has 19 heavy (non-hydrogen) atoms. The number of hydrogen-bond acceptors (Lipinski definition) is 3. The first-order valence-corrected chi connectivity index (χ1v) is 6.66. The van der Waals surface area contributed by atoms with E-state index >= 15 is 0 Å². The van der Waals surface area contributed by atoms with E-state index in [9.17, 15) is 4.39 Å². The van der Waals surface area contributed by atoms with E-state index < -0.39 is 0 Å². The van der Waals surface area contributed by atoms with Gasteiger partial charge in [-0.15, -0.1) is 0 Å². The molecule has 0 spiro atoms. The molecule has 1 heterocycles. The fourth-order valence-electron chi connectivity index (χ4n) is 2.89. The van der Waals surface area contributed by atoms with Gasteiger partial charge in [-0.05, 0) is 45.4 Å². The summed E-state index contributed by atoms with van der Waals surface area (Å²) in [6, 6.07) is 5.22. The summed E-state index contributed by atoms with van der Waals surface area (Å²) < 4.78 is 20.2. The molecule has 1 aliphatic heterocycles. The first-order chi connectivity index (χ1) is 8.72. The Kier molecular flexibility index (Phi) is 3.58. The summed E-state index contributed by atoms with van der Waals surface area (Å²) in [5.41, 5.74) is 6.39. The van der Waals surface area contributed by atoms with Crippen molar-refractivity contribution in [3.8, 4) is 0 Å². The number of ether oxygens (including phenoxy) is 1. The van der Waals surface area contributed by atoms with Crippen molar-refractivity contribution in [2.24, 2.45) is 5.73 Å². The van der Waals surface area contributed by atoms with Gasteiger partial charge in [-0.1, -0.05) is 6.07 Å². The Morgan fingerprint density at radius 3 is 2.26 bits per heavy atom. The summed E-state index contributed by atoms with van der Waals surface area (Å²) in [4.78, 5) is 2.05. The zero-order chi connectivity index (χ0) is 14.3. The Bertz CT molecular complexity index is 455. The van der Waals surface area contributed by atoms with Crippen LogP contribution in [0.5, 0.6) is 0 Å². The molecule has 1 aromatic rings. The van der Waals surface area contributed by atoms with Gasteiger partial charge in [-0.2, -0.15) is 0 Å². The summed E-state index contributed by atoms with van der Waals surface area (Å²) in [5.74, 6) is -0.212. The minimum absolute atomic E-state index is 0.212. The number of rotatable bonds is 2. The maximum absolute atomic E-state index is 14.2. The predicted molar refractivity (Wildman–Crippen MR) is 75.7 cm³/mol. The van der Waals surface area contributed by atoms with Crippen LogP contribution in [0.15, 0.2) is 18.2 Å². The molecule has 106 valence electrons. The third-order valence-corrected chi connectivity index (χ3v) is 3.28. The molecular weight excluding hydrogens is 243 g/mol. The van der Waals surface area contributed by atoms with Crippen molar-refractivity contribution in [2.45, 2.75) is 45.4 Å². The zero-order valence-electron chi connectivity index (χ0n) is 12.2. The Labute approximate surface area is 114 Å². The van der Waals surface area contributed by atoms with E-state index in [0.29, 0.717) is 25.3 Å². The Hall–Kier alpha value is -1.13. The molecule has 0 bridgehead atoms. The fourth-order valence-corrected chi connectivity index (χ4v) is 2.89. The highest BCUT2D eigenvalue weighted by atomic mass is 19.1. The minimum atomic E-state index is -0.291. The lowest BCUT2D eigenvalue weighted by Gasteiger charge is -2.48. The molecule has 0 atom stereocenters. The Morgan fingerprint density at radius 2 is 1.79 bits per heavy atom. The van der Waals surface area contributed by atoms with Crippen LogP contribution in [0.25, 0.3) is 0 Å². The summed E-state index contributed by atoms with van der Waals surface area (Å²) in [6.45, 7) is 9.85. The quantitative estimate of drug-likeness (QED) is 0.894. The smallest absolute Gasteiger partial charge is 0.146 e. The highest BCUT2D eigenvalue weighted by Gasteiger charge is 2.38. The molecule has 2 N–H and O–H groups in total. The van der Waals surface area contributed by atoms with Gasteiger partial charge in [0.1, 0.15) is 5.82 Å².